The number of thioether (sulfide) groups is 1. The number of hydrogen-bond acceptors (Lipinski definition) is 9. The highest BCUT2D eigenvalue weighted by atomic mass is 32.2. The fourth-order valence-electron chi connectivity index (χ4n) is 3.03. The Morgan fingerprint density at radius 1 is 1.08 bits per heavy atom. The van der Waals surface area contributed by atoms with Crippen LogP contribution in [0.2, 0.25) is 0 Å². The summed E-state index contributed by atoms with van der Waals surface area (Å²) in [5.41, 5.74) is 12.0. The summed E-state index contributed by atoms with van der Waals surface area (Å²) in [7, 11) is -5.25. The van der Waals surface area contributed by atoms with Gasteiger partial charge >= 0.3 is 0 Å². The van der Waals surface area contributed by atoms with Crippen molar-refractivity contribution in [2.24, 2.45) is 21.5 Å². The Balaban J connectivity index is 1.59. The van der Waals surface area contributed by atoms with Gasteiger partial charge in [0.25, 0.3) is 20.0 Å². The third kappa shape index (κ3) is 7.83. The molecule has 0 atom stereocenters. The standard InChI is InChI=1S/C22H28N8O4S4/c1-25-21(26-11-12-35-14-16-15-36-22(27-16)28-20(23)24)29-37(31,32)18-9-6-10-19(13-18)38(33,34)30(2)17-7-4-3-5-8-17/h3-10,13,15H,11-12,14H2,1-2H3,(H2,25,26,29)(H4,23,24,27,28). The Labute approximate surface area is 230 Å². The Morgan fingerprint density at radius 3 is 2.47 bits per heavy atom. The van der Waals surface area contributed by atoms with Gasteiger partial charge in [0.2, 0.25) is 11.1 Å². The van der Waals surface area contributed by atoms with Crippen LogP contribution in [0.5, 0.6) is 0 Å². The second-order valence-electron chi connectivity index (χ2n) is 7.60. The highest BCUT2D eigenvalue weighted by molar-refractivity contribution is 7.98. The summed E-state index contributed by atoms with van der Waals surface area (Å²) in [6.07, 6.45) is 0. The Kier molecular flexibility index (Phi) is 9.96. The van der Waals surface area contributed by atoms with Gasteiger partial charge in [0.1, 0.15) is 0 Å². The predicted octanol–water partition coefficient (Wildman–Crippen LogP) is 1.66. The number of thiazole rings is 1. The van der Waals surface area contributed by atoms with Crippen molar-refractivity contribution in [3.63, 3.8) is 0 Å². The zero-order chi connectivity index (χ0) is 27.8. The van der Waals surface area contributed by atoms with Crippen LogP contribution in [-0.4, -0.2) is 60.1 Å². The van der Waals surface area contributed by atoms with Crippen molar-refractivity contribution in [1.29, 1.82) is 0 Å². The quantitative estimate of drug-likeness (QED) is 0.145. The van der Waals surface area contributed by atoms with Crippen LogP contribution in [0, 0.1) is 0 Å². The van der Waals surface area contributed by atoms with E-state index in [1.54, 1.807) is 42.1 Å². The van der Waals surface area contributed by atoms with E-state index in [0.717, 1.165) is 16.1 Å². The van der Waals surface area contributed by atoms with Crippen LogP contribution in [-0.2, 0) is 25.8 Å². The van der Waals surface area contributed by atoms with Gasteiger partial charge in [-0.05, 0) is 30.3 Å². The minimum Gasteiger partial charge on any atom is -0.370 e. The first-order valence-electron chi connectivity index (χ1n) is 11.0. The molecular formula is C22H28N8O4S4. The number of nitrogens with zero attached hydrogens (tertiary/aromatic N) is 4. The summed E-state index contributed by atoms with van der Waals surface area (Å²) in [6, 6.07) is 13.7. The third-order valence-electron chi connectivity index (χ3n) is 4.90. The average molecular weight is 597 g/mol. The first-order chi connectivity index (χ1) is 18.0. The molecule has 3 rings (SSSR count). The fourth-order valence-corrected chi connectivity index (χ4v) is 6.98. The largest absolute Gasteiger partial charge is 0.370 e. The number of aromatic nitrogens is 1. The van der Waals surface area contributed by atoms with Crippen molar-refractivity contribution < 1.29 is 16.8 Å². The van der Waals surface area contributed by atoms with Crippen molar-refractivity contribution in [2.75, 3.05) is 30.7 Å². The molecule has 0 bridgehead atoms. The first-order valence-corrected chi connectivity index (χ1v) is 16.0. The van der Waals surface area contributed by atoms with E-state index in [2.05, 4.69) is 25.0 Å². The molecule has 12 nitrogen and oxygen atoms in total. The maximum atomic E-state index is 13.1. The van der Waals surface area contributed by atoms with E-state index in [-0.39, 0.29) is 21.7 Å². The first kappa shape index (κ1) is 29.2. The monoisotopic (exact) mass is 596 g/mol. The molecule has 0 aliphatic rings. The van der Waals surface area contributed by atoms with Crippen LogP contribution in [0.25, 0.3) is 0 Å². The van der Waals surface area contributed by atoms with Crippen molar-refractivity contribution >= 4 is 65.9 Å². The number of nitrogens with two attached hydrogens (primary N) is 2. The number of hydrogen-bond donors (Lipinski definition) is 4. The molecule has 1 aromatic heterocycles. The van der Waals surface area contributed by atoms with Crippen molar-refractivity contribution in [3.05, 3.63) is 65.7 Å². The summed E-state index contributed by atoms with van der Waals surface area (Å²) < 4.78 is 55.6. The second kappa shape index (κ2) is 12.9. The maximum absolute atomic E-state index is 13.1. The van der Waals surface area contributed by atoms with Crippen LogP contribution >= 0.6 is 23.1 Å². The highest BCUT2D eigenvalue weighted by Crippen LogP contribution is 2.24. The molecule has 0 aliphatic heterocycles. The van der Waals surface area contributed by atoms with Crippen LogP contribution in [0.3, 0.4) is 0 Å². The molecule has 0 radical (unpaired) electrons. The van der Waals surface area contributed by atoms with E-state index in [0.29, 0.717) is 28.9 Å². The number of rotatable bonds is 11. The number of aliphatic imine (C=N–C) groups is 2. The lowest BCUT2D eigenvalue weighted by Gasteiger charge is -2.20. The zero-order valence-corrected chi connectivity index (χ0v) is 23.9. The van der Waals surface area contributed by atoms with Gasteiger partial charge in [0.05, 0.1) is 21.2 Å². The molecule has 0 unspecified atom stereocenters. The van der Waals surface area contributed by atoms with E-state index >= 15 is 0 Å². The Morgan fingerprint density at radius 2 is 1.79 bits per heavy atom. The van der Waals surface area contributed by atoms with Gasteiger partial charge in [-0.15, -0.1) is 11.3 Å². The molecule has 0 saturated carbocycles. The van der Waals surface area contributed by atoms with Crippen molar-refractivity contribution in [1.82, 2.24) is 15.0 Å². The lowest BCUT2D eigenvalue weighted by molar-refractivity contribution is 0.590. The minimum atomic E-state index is -4.11. The summed E-state index contributed by atoms with van der Waals surface area (Å²) in [6.45, 7) is 0.418. The second-order valence-corrected chi connectivity index (χ2v) is 13.2. The van der Waals surface area contributed by atoms with Gasteiger partial charge in [-0.25, -0.2) is 26.5 Å². The Hall–Kier alpha value is -3.34. The van der Waals surface area contributed by atoms with Crippen molar-refractivity contribution in [3.8, 4) is 0 Å². The van der Waals surface area contributed by atoms with E-state index < -0.39 is 20.0 Å². The summed E-state index contributed by atoms with van der Waals surface area (Å²) in [5.74, 6) is 1.24. The van der Waals surface area contributed by atoms with Crippen LogP contribution in [0.4, 0.5) is 10.8 Å². The van der Waals surface area contributed by atoms with Gasteiger partial charge in [-0.1, -0.05) is 24.3 Å². The SMILES string of the molecule is CN=C(NCCSCc1csc(N=C(N)N)n1)NS(=O)(=O)c1cccc(S(=O)(=O)N(C)c2ccccc2)c1. The van der Waals surface area contributed by atoms with Gasteiger partial charge in [-0.3, -0.25) is 9.30 Å². The van der Waals surface area contributed by atoms with E-state index in [9.17, 15) is 16.8 Å². The number of sulfonamides is 2. The number of guanidine groups is 2. The molecule has 2 aromatic carbocycles. The minimum absolute atomic E-state index is 0.0315. The topological polar surface area (TPSA) is 185 Å². The Bertz CT molecular complexity index is 1500. The summed E-state index contributed by atoms with van der Waals surface area (Å²) in [4.78, 5) is 11.8. The lowest BCUT2D eigenvalue weighted by Crippen LogP contribution is -2.41. The number of para-hydroxylation sites is 1. The normalized spacial score (nSPS) is 12.1. The van der Waals surface area contributed by atoms with Gasteiger partial charge in [0.15, 0.2) is 5.96 Å². The van der Waals surface area contributed by atoms with Crippen molar-refractivity contribution in [2.45, 2.75) is 15.5 Å². The van der Waals surface area contributed by atoms with Gasteiger partial charge in [0, 0.05) is 37.5 Å². The molecule has 0 amide bonds. The lowest BCUT2D eigenvalue weighted by atomic mass is 10.3. The molecular weight excluding hydrogens is 569 g/mol. The van der Waals surface area contributed by atoms with Crippen LogP contribution < -0.4 is 25.8 Å². The summed E-state index contributed by atoms with van der Waals surface area (Å²) in [5, 5.41) is 5.28. The number of benzene rings is 2. The smallest absolute Gasteiger partial charge is 0.264 e. The molecule has 204 valence electrons. The highest BCUT2D eigenvalue weighted by Gasteiger charge is 2.24. The average Bonchev–Trinajstić information content (AvgIpc) is 3.34. The molecule has 3 aromatic rings. The molecule has 38 heavy (non-hydrogen) atoms. The molecule has 6 N–H and O–H groups in total. The molecule has 0 fully saturated rings. The van der Waals surface area contributed by atoms with Gasteiger partial charge in [-0.2, -0.15) is 16.8 Å². The number of nitrogens with one attached hydrogen (secondary N) is 2. The molecule has 0 saturated heterocycles. The number of anilines is 1. The van der Waals surface area contributed by atoms with E-state index in [4.69, 9.17) is 11.5 Å². The molecule has 0 aliphatic carbocycles. The summed E-state index contributed by atoms with van der Waals surface area (Å²) >= 11 is 2.91. The fraction of sp³-hybridized carbons (Fsp3) is 0.227. The van der Waals surface area contributed by atoms with E-state index in [1.165, 1.54) is 43.6 Å². The third-order valence-corrected chi connectivity index (χ3v) is 9.80. The predicted molar refractivity (Wildman–Crippen MR) is 154 cm³/mol. The zero-order valence-electron chi connectivity index (χ0n) is 20.6. The molecule has 0 spiro atoms. The van der Waals surface area contributed by atoms with Crippen LogP contribution in [0.1, 0.15) is 5.69 Å². The maximum Gasteiger partial charge on any atom is 0.264 e. The van der Waals surface area contributed by atoms with Gasteiger partial charge < -0.3 is 16.8 Å². The van der Waals surface area contributed by atoms with E-state index in [1.807, 2.05) is 5.38 Å². The molecule has 1 heterocycles. The molecule has 16 heteroatoms. The van der Waals surface area contributed by atoms with Crippen LogP contribution in [0.15, 0.2) is 79.8 Å².